The summed E-state index contributed by atoms with van der Waals surface area (Å²) in [6.07, 6.45) is 19.0. The molecule has 5 rings (SSSR count). The highest BCUT2D eigenvalue weighted by Crippen LogP contribution is 2.42. The second kappa shape index (κ2) is 8.18. The summed E-state index contributed by atoms with van der Waals surface area (Å²) in [5, 5.41) is 0. The molecule has 29 heavy (non-hydrogen) atoms. The molecule has 2 heterocycles. The van der Waals surface area contributed by atoms with E-state index in [-0.39, 0.29) is 6.04 Å². The Morgan fingerprint density at radius 3 is 2.59 bits per heavy atom. The lowest BCUT2D eigenvalue weighted by molar-refractivity contribution is 0.179. The van der Waals surface area contributed by atoms with Crippen LogP contribution in [0.3, 0.4) is 0 Å². The molecule has 1 saturated heterocycles. The maximum Gasteiger partial charge on any atom is 0.0937 e. The Balaban J connectivity index is 1.14. The largest absolute Gasteiger partial charge is 0.372 e. The highest BCUT2D eigenvalue weighted by atomic mass is 15.1. The van der Waals surface area contributed by atoms with E-state index in [2.05, 4.69) is 72.2 Å². The first kappa shape index (κ1) is 18.7. The van der Waals surface area contributed by atoms with Crippen molar-refractivity contribution in [1.29, 1.82) is 0 Å². The molecule has 1 aromatic carbocycles. The van der Waals surface area contributed by atoms with E-state index in [1.165, 1.54) is 67.7 Å². The molecule has 150 valence electrons. The monoisotopic (exact) mass is 384 g/mol. The molecule has 1 saturated carbocycles. The number of benzene rings is 1. The molecule has 0 aromatic heterocycles. The highest BCUT2D eigenvalue weighted by molar-refractivity contribution is 5.99. The number of piperidine rings is 1. The van der Waals surface area contributed by atoms with Crippen molar-refractivity contribution in [3.63, 3.8) is 0 Å². The van der Waals surface area contributed by atoms with Crippen LogP contribution >= 0.6 is 0 Å². The molecule has 0 bridgehead atoms. The molecular formula is C27H32N2. The molecular weight excluding hydrogens is 352 g/mol. The van der Waals surface area contributed by atoms with Crippen LogP contribution in [0, 0.1) is 17.8 Å². The zero-order chi connectivity index (χ0) is 19.6. The van der Waals surface area contributed by atoms with Gasteiger partial charge in [0.1, 0.15) is 0 Å². The number of nitrogens with zero attached hydrogens (tertiary/aromatic N) is 2. The third-order valence-electron chi connectivity index (χ3n) is 7.50. The predicted octanol–water partition coefficient (Wildman–Crippen LogP) is 6.27. The van der Waals surface area contributed by atoms with Crippen molar-refractivity contribution >= 4 is 5.71 Å². The van der Waals surface area contributed by atoms with Gasteiger partial charge >= 0.3 is 0 Å². The topological polar surface area (TPSA) is 15.6 Å². The standard InChI is InChI=1S/C27H32N2/c1-20(21-7-5-6-8-21)29-17-15-22(16-18-29)24-11-12-25(19-24)27-14-13-26(28-27)23-9-3-2-4-10-23/h2-7,9-10,13-14,22,24-26H,1,8,11-12,15-19H2. The summed E-state index contributed by atoms with van der Waals surface area (Å²) in [5.41, 5.74) is 5.33. The van der Waals surface area contributed by atoms with Gasteiger partial charge in [-0.3, -0.25) is 4.99 Å². The van der Waals surface area contributed by atoms with Crippen LogP contribution in [0.1, 0.15) is 50.1 Å². The van der Waals surface area contributed by atoms with Gasteiger partial charge in [-0.15, -0.1) is 0 Å². The maximum absolute atomic E-state index is 5.07. The maximum atomic E-state index is 5.07. The zero-order valence-electron chi connectivity index (χ0n) is 17.3. The highest BCUT2D eigenvalue weighted by Gasteiger charge is 2.35. The van der Waals surface area contributed by atoms with E-state index in [4.69, 9.17) is 4.99 Å². The fourth-order valence-corrected chi connectivity index (χ4v) is 5.73. The predicted molar refractivity (Wildman–Crippen MR) is 122 cm³/mol. The van der Waals surface area contributed by atoms with E-state index in [1.807, 2.05) is 0 Å². The van der Waals surface area contributed by atoms with Crippen LogP contribution in [0.5, 0.6) is 0 Å². The van der Waals surface area contributed by atoms with Gasteiger partial charge in [-0.25, -0.2) is 0 Å². The molecule has 1 aromatic rings. The average molecular weight is 385 g/mol. The van der Waals surface area contributed by atoms with Gasteiger partial charge in [0.15, 0.2) is 0 Å². The molecule has 3 atom stereocenters. The molecule has 0 N–H and O–H groups in total. The van der Waals surface area contributed by atoms with Gasteiger partial charge in [-0.2, -0.15) is 0 Å². The summed E-state index contributed by atoms with van der Waals surface area (Å²) in [5.74, 6) is 2.44. The average Bonchev–Trinajstić information content (AvgIpc) is 3.55. The first-order valence-corrected chi connectivity index (χ1v) is 11.4. The van der Waals surface area contributed by atoms with Gasteiger partial charge in [-0.1, -0.05) is 61.2 Å². The lowest BCUT2D eigenvalue weighted by Gasteiger charge is -2.37. The van der Waals surface area contributed by atoms with E-state index in [0.717, 1.165) is 18.3 Å². The molecule has 2 aliphatic heterocycles. The van der Waals surface area contributed by atoms with Gasteiger partial charge in [0.2, 0.25) is 0 Å². The minimum Gasteiger partial charge on any atom is -0.372 e. The molecule has 0 radical (unpaired) electrons. The van der Waals surface area contributed by atoms with Crippen LogP contribution in [-0.4, -0.2) is 23.7 Å². The zero-order valence-corrected chi connectivity index (χ0v) is 17.3. The van der Waals surface area contributed by atoms with Gasteiger partial charge in [0.05, 0.1) is 6.04 Å². The van der Waals surface area contributed by atoms with Gasteiger partial charge < -0.3 is 4.90 Å². The normalized spacial score (nSPS) is 29.4. The second-order valence-electron chi connectivity index (χ2n) is 9.13. The van der Waals surface area contributed by atoms with Crippen molar-refractivity contribution in [2.45, 2.75) is 44.6 Å². The molecule has 2 nitrogen and oxygen atoms in total. The number of likely N-dealkylation sites (tertiary alicyclic amines) is 1. The molecule has 2 aliphatic carbocycles. The number of allylic oxidation sites excluding steroid dienone is 5. The summed E-state index contributed by atoms with van der Waals surface area (Å²) in [4.78, 5) is 7.60. The van der Waals surface area contributed by atoms with Gasteiger partial charge in [0, 0.05) is 30.4 Å². The second-order valence-corrected chi connectivity index (χ2v) is 9.13. The van der Waals surface area contributed by atoms with Crippen LogP contribution in [-0.2, 0) is 0 Å². The fraction of sp³-hybridized carbons (Fsp3) is 0.444. The SMILES string of the molecule is C=C(C1=CC=CC1)N1CCC(C2CCC(C3=NC(c4ccccc4)C=C3)C2)CC1. The van der Waals surface area contributed by atoms with Crippen molar-refractivity contribution in [2.24, 2.45) is 22.7 Å². The Morgan fingerprint density at radius 1 is 1.00 bits per heavy atom. The molecule has 0 spiro atoms. The van der Waals surface area contributed by atoms with Gasteiger partial charge in [-0.05, 0) is 67.6 Å². The Hall–Kier alpha value is -2.35. The van der Waals surface area contributed by atoms with E-state index >= 15 is 0 Å². The van der Waals surface area contributed by atoms with Crippen molar-refractivity contribution in [1.82, 2.24) is 4.90 Å². The third-order valence-corrected chi connectivity index (χ3v) is 7.50. The third kappa shape index (κ3) is 3.90. The van der Waals surface area contributed by atoms with E-state index in [9.17, 15) is 0 Å². The number of hydrogen-bond acceptors (Lipinski definition) is 2. The minimum absolute atomic E-state index is 0.235. The molecule has 2 fully saturated rings. The van der Waals surface area contributed by atoms with Gasteiger partial charge in [0.25, 0.3) is 0 Å². The number of aliphatic imine (C=N–C) groups is 1. The first-order chi connectivity index (χ1) is 14.3. The Kier molecular flexibility index (Phi) is 5.26. The van der Waals surface area contributed by atoms with Crippen LogP contribution in [0.15, 0.2) is 83.6 Å². The lowest BCUT2D eigenvalue weighted by Crippen LogP contribution is -2.35. The summed E-state index contributed by atoms with van der Waals surface area (Å²) in [7, 11) is 0. The first-order valence-electron chi connectivity index (χ1n) is 11.4. The van der Waals surface area contributed by atoms with Crippen LogP contribution in [0.2, 0.25) is 0 Å². The summed E-state index contributed by atoms with van der Waals surface area (Å²) < 4.78 is 0. The molecule has 3 unspecified atom stereocenters. The Bertz CT molecular complexity index is 865. The summed E-state index contributed by atoms with van der Waals surface area (Å²) in [6.45, 7) is 6.73. The van der Waals surface area contributed by atoms with Crippen LogP contribution in [0.4, 0.5) is 0 Å². The molecule has 4 aliphatic rings. The Labute approximate surface area is 175 Å². The minimum atomic E-state index is 0.235. The Morgan fingerprint density at radius 2 is 1.83 bits per heavy atom. The van der Waals surface area contributed by atoms with E-state index in [1.54, 1.807) is 0 Å². The van der Waals surface area contributed by atoms with Crippen molar-refractivity contribution in [2.75, 3.05) is 13.1 Å². The van der Waals surface area contributed by atoms with Crippen molar-refractivity contribution in [3.8, 4) is 0 Å². The van der Waals surface area contributed by atoms with E-state index < -0.39 is 0 Å². The smallest absolute Gasteiger partial charge is 0.0937 e. The van der Waals surface area contributed by atoms with E-state index in [0.29, 0.717) is 5.92 Å². The fourth-order valence-electron chi connectivity index (χ4n) is 5.73. The molecule has 0 amide bonds. The van der Waals surface area contributed by atoms with Crippen LogP contribution < -0.4 is 0 Å². The van der Waals surface area contributed by atoms with Crippen molar-refractivity contribution < 1.29 is 0 Å². The number of hydrogen-bond donors (Lipinski definition) is 0. The quantitative estimate of drug-likeness (QED) is 0.584. The molecule has 2 heteroatoms. The number of rotatable bonds is 5. The van der Waals surface area contributed by atoms with Crippen molar-refractivity contribution in [3.05, 3.63) is 84.1 Å². The lowest BCUT2D eigenvalue weighted by atomic mass is 9.82. The van der Waals surface area contributed by atoms with Crippen LogP contribution in [0.25, 0.3) is 0 Å². The summed E-state index contributed by atoms with van der Waals surface area (Å²) in [6, 6.07) is 10.9. The summed E-state index contributed by atoms with van der Waals surface area (Å²) >= 11 is 0.